The number of aromatic nitrogens is 3. The van der Waals surface area contributed by atoms with E-state index >= 15 is 0 Å². The van der Waals surface area contributed by atoms with Crippen molar-refractivity contribution in [1.82, 2.24) is 14.8 Å². The Balaban J connectivity index is 2.03. The molecule has 1 aliphatic rings. The van der Waals surface area contributed by atoms with E-state index in [1.807, 2.05) is 32.1 Å². The van der Waals surface area contributed by atoms with Gasteiger partial charge in [-0.2, -0.15) is 5.10 Å². The Bertz CT molecular complexity index is 710. The molecule has 1 heterocycles. The molecule has 5 nitrogen and oxygen atoms in total. The Morgan fingerprint density at radius 1 is 1.35 bits per heavy atom. The Labute approximate surface area is 140 Å². The van der Waals surface area contributed by atoms with Gasteiger partial charge in [-0.25, -0.2) is 9.67 Å². The molecule has 2 N–H and O–H groups in total. The second kappa shape index (κ2) is 5.74. The van der Waals surface area contributed by atoms with Crippen LogP contribution in [0.4, 0.5) is 0 Å². The van der Waals surface area contributed by atoms with Gasteiger partial charge in [-0.05, 0) is 29.7 Å². The summed E-state index contributed by atoms with van der Waals surface area (Å²) in [5, 5.41) is 26.6. The van der Waals surface area contributed by atoms with E-state index in [2.05, 4.69) is 10.1 Å². The van der Waals surface area contributed by atoms with Gasteiger partial charge in [-0.1, -0.05) is 43.7 Å². The van der Waals surface area contributed by atoms with Crippen LogP contribution in [0.3, 0.4) is 0 Å². The molecule has 6 heteroatoms. The van der Waals surface area contributed by atoms with Crippen LogP contribution in [0, 0.1) is 5.41 Å². The van der Waals surface area contributed by atoms with E-state index < -0.39 is 17.1 Å². The first-order chi connectivity index (χ1) is 10.8. The molecular weight excluding hydrogens is 314 g/mol. The van der Waals surface area contributed by atoms with Crippen molar-refractivity contribution >= 4 is 17.7 Å². The van der Waals surface area contributed by atoms with Crippen LogP contribution in [0.2, 0.25) is 5.02 Å². The van der Waals surface area contributed by atoms with Gasteiger partial charge in [-0.15, -0.1) is 0 Å². The van der Waals surface area contributed by atoms with Gasteiger partial charge < -0.3 is 10.2 Å². The van der Waals surface area contributed by atoms with Crippen LogP contribution in [0.25, 0.3) is 6.08 Å². The summed E-state index contributed by atoms with van der Waals surface area (Å²) in [5.41, 5.74) is -0.213. The molecular formula is C17H20ClN3O2. The third-order valence-corrected chi connectivity index (χ3v) is 4.96. The Morgan fingerprint density at radius 2 is 2.04 bits per heavy atom. The number of nitrogens with zero attached hydrogens (tertiary/aromatic N) is 3. The third-order valence-electron chi connectivity index (χ3n) is 4.71. The molecule has 1 saturated carbocycles. The molecule has 0 amide bonds. The summed E-state index contributed by atoms with van der Waals surface area (Å²) in [4.78, 5) is 3.92. The molecule has 2 aromatic rings. The molecule has 0 bridgehead atoms. The molecule has 0 aliphatic heterocycles. The van der Waals surface area contributed by atoms with Crippen molar-refractivity contribution in [2.24, 2.45) is 5.41 Å². The molecule has 122 valence electrons. The molecule has 3 rings (SSSR count). The topological polar surface area (TPSA) is 71.2 Å². The average molecular weight is 334 g/mol. The van der Waals surface area contributed by atoms with Crippen molar-refractivity contribution in [3.63, 3.8) is 0 Å². The van der Waals surface area contributed by atoms with Gasteiger partial charge in [0.15, 0.2) is 0 Å². The highest BCUT2D eigenvalue weighted by Gasteiger charge is 2.55. The summed E-state index contributed by atoms with van der Waals surface area (Å²) < 4.78 is 1.59. The number of rotatable bonds is 3. The molecule has 1 aromatic carbocycles. The maximum atomic E-state index is 11.4. The van der Waals surface area contributed by atoms with Crippen molar-refractivity contribution < 1.29 is 10.2 Å². The highest BCUT2D eigenvalue weighted by molar-refractivity contribution is 6.30. The van der Waals surface area contributed by atoms with Crippen molar-refractivity contribution in [3.8, 4) is 0 Å². The van der Waals surface area contributed by atoms with Crippen molar-refractivity contribution in [2.75, 3.05) is 0 Å². The van der Waals surface area contributed by atoms with Crippen LogP contribution >= 0.6 is 11.6 Å². The largest absolute Gasteiger partial charge is 0.389 e. The van der Waals surface area contributed by atoms with Crippen molar-refractivity contribution in [2.45, 2.75) is 38.5 Å². The van der Waals surface area contributed by atoms with E-state index in [9.17, 15) is 10.2 Å². The molecule has 1 fully saturated rings. The van der Waals surface area contributed by atoms with Crippen LogP contribution in [0.5, 0.6) is 0 Å². The van der Waals surface area contributed by atoms with Crippen LogP contribution in [0.1, 0.15) is 25.8 Å². The highest BCUT2D eigenvalue weighted by atomic mass is 35.5. The first-order valence-electron chi connectivity index (χ1n) is 7.52. The molecule has 2 atom stereocenters. The van der Waals surface area contributed by atoms with Gasteiger partial charge in [0.1, 0.15) is 18.3 Å². The second-order valence-corrected chi connectivity index (χ2v) is 7.14. The van der Waals surface area contributed by atoms with Gasteiger partial charge in [0.25, 0.3) is 0 Å². The molecule has 1 unspecified atom stereocenters. The van der Waals surface area contributed by atoms with Crippen LogP contribution in [0.15, 0.2) is 42.5 Å². The number of aliphatic hydroxyl groups is 2. The smallest absolute Gasteiger partial charge is 0.137 e. The predicted octanol–water partition coefficient (Wildman–Crippen LogP) is 2.54. The minimum Gasteiger partial charge on any atom is -0.389 e. The zero-order valence-corrected chi connectivity index (χ0v) is 13.9. The summed E-state index contributed by atoms with van der Waals surface area (Å²) in [7, 11) is 0. The Morgan fingerprint density at radius 3 is 2.65 bits per heavy atom. The quantitative estimate of drug-likeness (QED) is 0.905. The lowest BCUT2D eigenvalue weighted by atomic mass is 9.76. The highest BCUT2D eigenvalue weighted by Crippen LogP contribution is 2.50. The van der Waals surface area contributed by atoms with E-state index in [1.54, 1.807) is 23.1 Å². The van der Waals surface area contributed by atoms with E-state index in [-0.39, 0.29) is 6.54 Å². The zero-order valence-electron chi connectivity index (χ0n) is 13.1. The predicted molar refractivity (Wildman–Crippen MR) is 88.8 cm³/mol. The van der Waals surface area contributed by atoms with Crippen LogP contribution < -0.4 is 0 Å². The van der Waals surface area contributed by atoms with Gasteiger partial charge in [-0.3, -0.25) is 0 Å². The van der Waals surface area contributed by atoms with Gasteiger partial charge in [0.2, 0.25) is 0 Å². The van der Waals surface area contributed by atoms with Crippen LogP contribution in [-0.2, 0) is 6.54 Å². The molecule has 23 heavy (non-hydrogen) atoms. The first-order valence-corrected chi connectivity index (χ1v) is 7.90. The van der Waals surface area contributed by atoms with Gasteiger partial charge >= 0.3 is 0 Å². The summed E-state index contributed by atoms with van der Waals surface area (Å²) in [6.45, 7) is 4.15. The molecule has 0 saturated heterocycles. The number of hydrogen-bond donors (Lipinski definition) is 2. The molecule has 1 aromatic heterocycles. The number of aliphatic hydroxyl groups excluding tert-OH is 1. The minimum atomic E-state index is -1.21. The summed E-state index contributed by atoms with van der Waals surface area (Å²) in [6.07, 6.45) is 4.63. The normalized spacial score (nSPS) is 28.4. The maximum absolute atomic E-state index is 11.4. The molecule has 0 radical (unpaired) electrons. The standard InChI is InChI=1S/C17H20ClN3O2/c1-16(2)8-15(22)14(7-12-3-5-13(18)6-4-12)17(16,23)9-21-11-19-10-20-21/h3-7,10-11,15,22-23H,8-9H2,1-2H3/b14-7+/t15-,17?/m0/s1. The lowest BCUT2D eigenvalue weighted by Crippen LogP contribution is -2.45. The second-order valence-electron chi connectivity index (χ2n) is 6.71. The Hall–Kier alpha value is -1.69. The van der Waals surface area contributed by atoms with Crippen molar-refractivity contribution in [1.29, 1.82) is 0 Å². The number of halogens is 1. The van der Waals surface area contributed by atoms with Gasteiger partial charge in [0.05, 0.1) is 12.6 Å². The summed E-state index contributed by atoms with van der Waals surface area (Å²) in [6, 6.07) is 7.31. The fraction of sp³-hybridized carbons (Fsp3) is 0.412. The van der Waals surface area contributed by atoms with Crippen LogP contribution in [-0.4, -0.2) is 36.7 Å². The van der Waals surface area contributed by atoms with Crippen molar-refractivity contribution in [3.05, 3.63) is 53.1 Å². The zero-order chi connectivity index (χ0) is 16.7. The van der Waals surface area contributed by atoms with E-state index in [1.165, 1.54) is 6.33 Å². The molecule has 1 aliphatic carbocycles. The minimum absolute atomic E-state index is 0.247. The number of hydrogen-bond acceptors (Lipinski definition) is 4. The fourth-order valence-corrected chi connectivity index (χ4v) is 3.36. The number of benzene rings is 1. The summed E-state index contributed by atoms with van der Waals surface area (Å²) in [5.74, 6) is 0. The average Bonchev–Trinajstić information content (AvgIpc) is 3.03. The maximum Gasteiger partial charge on any atom is 0.137 e. The SMILES string of the molecule is CC1(C)C[C@H](O)/C(=C\c2ccc(Cl)cc2)C1(O)Cn1cncn1. The molecule has 0 spiro atoms. The van der Waals surface area contributed by atoms with Gasteiger partial charge in [0, 0.05) is 10.4 Å². The lowest BCUT2D eigenvalue weighted by Gasteiger charge is -2.37. The first kappa shape index (κ1) is 16.2. The van der Waals surface area contributed by atoms with E-state index in [0.717, 1.165) is 5.56 Å². The Kier molecular flexibility index (Phi) is 4.04. The van der Waals surface area contributed by atoms with E-state index in [4.69, 9.17) is 11.6 Å². The lowest BCUT2D eigenvalue weighted by molar-refractivity contribution is -0.0298. The fourth-order valence-electron chi connectivity index (χ4n) is 3.24. The van der Waals surface area contributed by atoms with E-state index in [0.29, 0.717) is 17.0 Å². The monoisotopic (exact) mass is 333 g/mol. The third kappa shape index (κ3) is 2.92. The summed E-state index contributed by atoms with van der Waals surface area (Å²) >= 11 is 5.92.